The number of benzene rings is 1. The molecule has 3 aliphatic heterocycles. The number of rotatable bonds is 18. The van der Waals surface area contributed by atoms with Crippen molar-refractivity contribution < 1.29 is 28.7 Å². The zero-order valence-corrected chi connectivity index (χ0v) is 33.7. The highest BCUT2D eigenvalue weighted by atomic mass is 32.1. The number of hydrogen-bond acceptors (Lipinski definition) is 13. The molecule has 1 atom stereocenters. The molecule has 16 nitrogen and oxygen atoms in total. The number of fused-ring (bicyclic) bond motifs is 1. The van der Waals surface area contributed by atoms with Crippen LogP contribution in [0.3, 0.4) is 0 Å². The van der Waals surface area contributed by atoms with Crippen molar-refractivity contribution in [2.45, 2.75) is 64.0 Å². The Morgan fingerprint density at radius 1 is 0.948 bits per heavy atom. The molecule has 310 valence electrons. The third-order valence-corrected chi connectivity index (χ3v) is 12.3. The summed E-state index contributed by atoms with van der Waals surface area (Å²) in [7, 11) is 0. The fourth-order valence-electron chi connectivity index (χ4n) is 8.39. The summed E-state index contributed by atoms with van der Waals surface area (Å²) < 4.78 is 5.85. The van der Waals surface area contributed by atoms with Gasteiger partial charge in [-0.25, -0.2) is 9.97 Å². The van der Waals surface area contributed by atoms with Gasteiger partial charge in [0.15, 0.2) is 5.13 Å². The van der Waals surface area contributed by atoms with Crippen LogP contribution in [0.15, 0.2) is 48.0 Å². The molecule has 2 saturated heterocycles. The second kappa shape index (κ2) is 19.8. The Bertz CT molecular complexity index is 1910. The van der Waals surface area contributed by atoms with Crippen molar-refractivity contribution in [2.24, 2.45) is 5.41 Å². The summed E-state index contributed by atoms with van der Waals surface area (Å²) in [6.45, 7) is 7.89. The molecule has 1 unspecified atom stereocenters. The first kappa shape index (κ1) is 41.4. The highest BCUT2D eigenvalue weighted by Crippen LogP contribution is 2.39. The number of hydrogen-bond donors (Lipinski definition) is 5. The number of carbonyl (C=O) groups is 5. The smallest absolute Gasteiger partial charge is 0.255 e. The Morgan fingerprint density at radius 2 is 1.74 bits per heavy atom. The van der Waals surface area contributed by atoms with Crippen LogP contribution in [0, 0.1) is 5.41 Å². The molecule has 7 rings (SSSR count). The van der Waals surface area contributed by atoms with Crippen molar-refractivity contribution in [1.29, 1.82) is 0 Å². The number of carbonyl (C=O) groups excluding carboxylic acids is 5. The Labute approximate surface area is 342 Å². The van der Waals surface area contributed by atoms with Crippen LogP contribution in [0.5, 0.6) is 0 Å². The molecule has 0 spiro atoms. The van der Waals surface area contributed by atoms with Crippen molar-refractivity contribution in [1.82, 2.24) is 40.6 Å². The molecule has 0 bridgehead atoms. The topological polar surface area (TPSA) is 190 Å². The van der Waals surface area contributed by atoms with E-state index in [9.17, 15) is 24.0 Å². The number of amides is 5. The van der Waals surface area contributed by atoms with E-state index in [1.165, 1.54) is 22.7 Å². The normalized spacial score (nSPS) is 19.8. The molecule has 1 aliphatic carbocycles. The second-order valence-corrected chi connectivity index (χ2v) is 16.4. The molecule has 5 N–H and O–H groups in total. The van der Waals surface area contributed by atoms with Gasteiger partial charge in [-0.3, -0.25) is 39.1 Å². The van der Waals surface area contributed by atoms with Gasteiger partial charge in [-0.1, -0.05) is 31.4 Å². The monoisotopic (exact) mass is 814 g/mol. The van der Waals surface area contributed by atoms with Crippen LogP contribution in [0.1, 0.15) is 66.6 Å². The summed E-state index contributed by atoms with van der Waals surface area (Å²) in [4.78, 5) is 78.9. The number of piperazine rings is 1. The largest absolute Gasteiger partial charge is 0.379 e. The van der Waals surface area contributed by atoms with E-state index in [1.54, 1.807) is 24.4 Å². The summed E-state index contributed by atoms with van der Waals surface area (Å²) in [5, 5.41) is 17.6. The van der Waals surface area contributed by atoms with Gasteiger partial charge in [0.2, 0.25) is 23.6 Å². The number of pyridine rings is 1. The van der Waals surface area contributed by atoms with Gasteiger partial charge < -0.3 is 30.9 Å². The number of nitrogens with zero attached hydrogens (tertiary/aromatic N) is 5. The van der Waals surface area contributed by atoms with Crippen molar-refractivity contribution in [3.05, 3.63) is 64.8 Å². The van der Waals surface area contributed by atoms with Crippen LogP contribution < -0.4 is 26.6 Å². The van der Waals surface area contributed by atoms with E-state index in [0.29, 0.717) is 49.5 Å². The molecule has 17 heteroatoms. The van der Waals surface area contributed by atoms with Gasteiger partial charge in [-0.05, 0) is 43.5 Å². The Kier molecular flexibility index (Phi) is 14.1. The maximum absolute atomic E-state index is 13.7. The highest BCUT2D eigenvalue weighted by Gasteiger charge is 2.41. The van der Waals surface area contributed by atoms with Gasteiger partial charge in [0, 0.05) is 106 Å². The van der Waals surface area contributed by atoms with Crippen LogP contribution in [0.4, 0.5) is 16.6 Å². The molecule has 3 aromatic rings. The zero-order valence-electron chi connectivity index (χ0n) is 32.9. The van der Waals surface area contributed by atoms with E-state index >= 15 is 0 Å². The van der Waals surface area contributed by atoms with Gasteiger partial charge in [-0.2, -0.15) is 0 Å². The zero-order chi connectivity index (χ0) is 40.3. The van der Waals surface area contributed by atoms with E-state index in [-0.39, 0.29) is 49.6 Å². The summed E-state index contributed by atoms with van der Waals surface area (Å²) >= 11 is 1.53. The molecular formula is C41H54N10O6S. The van der Waals surface area contributed by atoms with Gasteiger partial charge >= 0.3 is 0 Å². The number of imide groups is 1. The maximum atomic E-state index is 13.7. The molecule has 58 heavy (non-hydrogen) atoms. The third kappa shape index (κ3) is 10.6. The Morgan fingerprint density at radius 3 is 2.52 bits per heavy atom. The van der Waals surface area contributed by atoms with Gasteiger partial charge in [-0.15, -0.1) is 11.3 Å². The van der Waals surface area contributed by atoms with Gasteiger partial charge in [0.25, 0.3) is 5.91 Å². The van der Waals surface area contributed by atoms with Crippen molar-refractivity contribution in [3.63, 3.8) is 0 Å². The predicted molar refractivity (Wildman–Crippen MR) is 220 cm³/mol. The van der Waals surface area contributed by atoms with Gasteiger partial charge in [0.1, 0.15) is 11.9 Å². The Balaban J connectivity index is 0.748. The number of thiazole rings is 1. The number of piperidine rings is 1. The van der Waals surface area contributed by atoms with Crippen LogP contribution >= 0.6 is 11.3 Å². The van der Waals surface area contributed by atoms with E-state index in [1.807, 2.05) is 23.6 Å². The summed E-state index contributed by atoms with van der Waals surface area (Å²) in [6.07, 6.45) is 7.90. The molecular weight excluding hydrogens is 761 g/mol. The first-order valence-corrected chi connectivity index (χ1v) is 21.3. The molecule has 3 fully saturated rings. The lowest BCUT2D eigenvalue weighted by molar-refractivity contribution is -0.137. The fourth-order valence-corrected chi connectivity index (χ4v) is 8.93. The number of anilines is 3. The van der Waals surface area contributed by atoms with E-state index in [0.717, 1.165) is 81.6 Å². The van der Waals surface area contributed by atoms with Crippen LogP contribution in [-0.2, 0) is 36.9 Å². The van der Waals surface area contributed by atoms with Crippen molar-refractivity contribution >= 4 is 57.5 Å². The van der Waals surface area contributed by atoms with E-state index in [4.69, 9.17) is 9.72 Å². The molecule has 5 heterocycles. The lowest BCUT2D eigenvalue weighted by Crippen LogP contribution is -2.52. The number of ether oxygens (including phenoxy) is 1. The molecule has 2 aromatic heterocycles. The van der Waals surface area contributed by atoms with E-state index in [2.05, 4.69) is 41.4 Å². The minimum atomic E-state index is -0.713. The van der Waals surface area contributed by atoms with Gasteiger partial charge in [0.05, 0.1) is 25.2 Å². The minimum absolute atomic E-state index is 0.0818. The first-order valence-electron chi connectivity index (χ1n) is 20.5. The Hall–Kier alpha value is -4.81. The van der Waals surface area contributed by atoms with Crippen LogP contribution in [0.2, 0.25) is 0 Å². The highest BCUT2D eigenvalue weighted by molar-refractivity contribution is 7.13. The quantitative estimate of drug-likeness (QED) is 0.0934. The molecule has 1 saturated carbocycles. The predicted octanol–water partition coefficient (Wildman–Crippen LogP) is 2.51. The summed E-state index contributed by atoms with van der Waals surface area (Å²) in [6, 6.07) is 10.4. The standard InChI is InChI=1S/C41H54N10O6S/c52-35-11-10-33(37(54)48-35)51-28-31-30(38(51)55)7-5-8-32(31)46-36(53)27-42-15-23-57-24-22-50-20-18-49(19-21-50)17-14-43-39(56)41(12-2-1-3-13-41)26-29-6-4-9-34(45-29)47-40-44-16-25-58-40/h4-9,16,25,33,42H,1-3,10-15,17-24,26-28H2,(H,43,56)(H,46,53)(H,44,45,47)(H,48,52,54). The summed E-state index contributed by atoms with van der Waals surface area (Å²) in [5.74, 6) is -0.434. The van der Waals surface area contributed by atoms with Crippen molar-refractivity contribution in [2.75, 3.05) is 82.8 Å². The minimum Gasteiger partial charge on any atom is -0.379 e. The number of nitrogens with one attached hydrogen (secondary N) is 5. The molecule has 1 aromatic carbocycles. The fraction of sp³-hybridized carbons (Fsp3) is 0.537. The average Bonchev–Trinajstić information content (AvgIpc) is 3.86. The molecule has 0 radical (unpaired) electrons. The maximum Gasteiger partial charge on any atom is 0.255 e. The van der Waals surface area contributed by atoms with Crippen molar-refractivity contribution in [3.8, 4) is 0 Å². The van der Waals surface area contributed by atoms with E-state index < -0.39 is 17.4 Å². The first-order chi connectivity index (χ1) is 28.3. The molecule has 5 amide bonds. The lowest BCUT2D eigenvalue weighted by Gasteiger charge is -2.37. The number of aromatic nitrogens is 2. The SMILES string of the molecule is O=C1CCC(N2Cc3c(NC(=O)CNCCOCCN4CCN(CCNC(=O)C5(Cc6cccc(Nc7nccs7)n6)CCCCC5)CC4)cccc3C2=O)C(=O)N1. The van der Waals surface area contributed by atoms with Crippen LogP contribution in [0.25, 0.3) is 0 Å². The lowest BCUT2D eigenvalue weighted by atomic mass is 9.70. The van der Waals surface area contributed by atoms with Crippen LogP contribution in [-0.4, -0.2) is 132 Å². The third-order valence-electron chi connectivity index (χ3n) is 11.6. The average molecular weight is 815 g/mol. The molecule has 4 aliphatic rings. The summed E-state index contributed by atoms with van der Waals surface area (Å²) in [5.41, 5.74) is 2.15. The second-order valence-electron chi connectivity index (χ2n) is 15.5.